The molecular formula is C36H27N9O2S2. The fourth-order valence-corrected chi connectivity index (χ4v) is 8.60. The van der Waals surface area contributed by atoms with Crippen LogP contribution < -0.4 is 0 Å². The summed E-state index contributed by atoms with van der Waals surface area (Å²) in [6.45, 7) is 0. The molecule has 0 aromatic carbocycles. The molecule has 2 N–H and O–H groups in total. The van der Waals surface area contributed by atoms with E-state index in [1.54, 1.807) is 23.3 Å². The number of pyridine rings is 3. The maximum atomic E-state index is 10.9. The summed E-state index contributed by atoms with van der Waals surface area (Å²) >= 11 is 2.87. The van der Waals surface area contributed by atoms with Crippen LogP contribution in [0.5, 0.6) is 11.8 Å². The van der Waals surface area contributed by atoms with E-state index in [-0.39, 0.29) is 17.7 Å². The van der Waals surface area contributed by atoms with E-state index >= 15 is 0 Å². The van der Waals surface area contributed by atoms with Crippen LogP contribution in [0.15, 0.2) is 90.1 Å². The molecule has 0 bridgehead atoms. The highest BCUT2D eigenvalue weighted by Gasteiger charge is 2.28. The SMILES string of the molecule is Oc1nc(-c2ccc(C3CCCC(c4csc5c(O)nc(-c6ccccn6)nc45)C3)cn2)nc2c(-c3ccnn3-c3ccccn3)csc12. The molecule has 1 aliphatic rings. The van der Waals surface area contributed by atoms with Gasteiger partial charge in [-0.25, -0.2) is 19.6 Å². The predicted molar refractivity (Wildman–Crippen MR) is 189 cm³/mol. The van der Waals surface area contributed by atoms with E-state index < -0.39 is 0 Å². The molecule has 0 spiro atoms. The Morgan fingerprint density at radius 3 is 2.16 bits per heavy atom. The van der Waals surface area contributed by atoms with Gasteiger partial charge < -0.3 is 10.2 Å². The summed E-state index contributed by atoms with van der Waals surface area (Å²) in [6.07, 6.45) is 11.2. The Kier molecular flexibility index (Phi) is 7.28. The fourth-order valence-electron chi connectivity index (χ4n) is 6.74. The maximum absolute atomic E-state index is 10.9. The molecule has 0 saturated heterocycles. The summed E-state index contributed by atoms with van der Waals surface area (Å²) in [4.78, 5) is 32.1. The Hall–Kier alpha value is -5.66. The first-order valence-electron chi connectivity index (χ1n) is 15.9. The molecule has 0 amide bonds. The lowest BCUT2D eigenvalue weighted by Crippen LogP contribution is -2.13. The van der Waals surface area contributed by atoms with E-state index in [1.165, 1.54) is 22.7 Å². The number of nitrogens with zero attached hydrogens (tertiary/aromatic N) is 9. The molecule has 8 aromatic heterocycles. The minimum absolute atomic E-state index is 0.00565. The average molecular weight is 682 g/mol. The summed E-state index contributed by atoms with van der Waals surface area (Å²) in [5, 5.41) is 30.2. The van der Waals surface area contributed by atoms with Gasteiger partial charge >= 0.3 is 0 Å². The van der Waals surface area contributed by atoms with Crippen molar-refractivity contribution in [1.29, 1.82) is 0 Å². The van der Waals surface area contributed by atoms with Crippen LogP contribution in [-0.4, -0.2) is 54.9 Å². The maximum Gasteiger partial charge on any atom is 0.233 e. The average Bonchev–Trinajstić information content (AvgIpc) is 3.92. The first-order chi connectivity index (χ1) is 24.1. The Morgan fingerprint density at radius 1 is 0.673 bits per heavy atom. The lowest BCUT2D eigenvalue weighted by molar-refractivity contribution is 0.395. The number of hydrogen-bond acceptors (Lipinski definition) is 12. The molecule has 1 saturated carbocycles. The molecule has 8 heterocycles. The molecule has 13 heteroatoms. The quantitative estimate of drug-likeness (QED) is 0.177. The molecule has 2 unspecified atom stereocenters. The highest BCUT2D eigenvalue weighted by atomic mass is 32.1. The first kappa shape index (κ1) is 29.5. The molecule has 0 radical (unpaired) electrons. The van der Waals surface area contributed by atoms with Crippen molar-refractivity contribution >= 4 is 43.1 Å². The third-order valence-electron chi connectivity index (χ3n) is 9.10. The first-order valence-corrected chi connectivity index (χ1v) is 17.7. The van der Waals surface area contributed by atoms with Gasteiger partial charge in [-0.15, -0.1) is 22.7 Å². The van der Waals surface area contributed by atoms with E-state index in [0.717, 1.165) is 53.6 Å². The van der Waals surface area contributed by atoms with Gasteiger partial charge in [-0.05, 0) is 84.0 Å². The number of aromatic nitrogens is 9. The normalized spacial score (nSPS) is 16.4. The van der Waals surface area contributed by atoms with Crippen molar-refractivity contribution in [2.45, 2.75) is 37.5 Å². The van der Waals surface area contributed by atoms with E-state index in [2.05, 4.69) is 36.5 Å². The van der Waals surface area contributed by atoms with Crippen molar-refractivity contribution < 1.29 is 10.2 Å². The van der Waals surface area contributed by atoms with Gasteiger partial charge in [0.2, 0.25) is 11.8 Å². The largest absolute Gasteiger partial charge is 0.492 e. The second kappa shape index (κ2) is 12.1. The van der Waals surface area contributed by atoms with Gasteiger partial charge in [0.05, 0.1) is 22.9 Å². The Balaban J connectivity index is 0.998. The summed E-state index contributed by atoms with van der Waals surface area (Å²) in [5.74, 6) is 1.99. The van der Waals surface area contributed by atoms with Crippen molar-refractivity contribution in [1.82, 2.24) is 44.7 Å². The van der Waals surface area contributed by atoms with Crippen LogP contribution in [0.4, 0.5) is 0 Å². The lowest BCUT2D eigenvalue weighted by atomic mass is 9.76. The standard InChI is InChI=1S/C36H27N9O2S2/c46-35-31-29(41-33(43-35)25-8-1-3-13-37-25)23(18-48-31)21-7-5-6-20(16-21)22-10-11-26(39-17-22)34-42-30-24(19-49-32(30)36(47)44-34)27-12-15-40-45(27)28-9-2-4-14-38-28/h1-4,8-15,17-21H,5-7,16H2,(H,41,43,46)(H,42,44,47). The topological polar surface area (TPSA) is 149 Å². The summed E-state index contributed by atoms with van der Waals surface area (Å²) in [6, 6.07) is 17.2. The molecule has 1 fully saturated rings. The van der Waals surface area contributed by atoms with E-state index in [9.17, 15) is 10.2 Å². The predicted octanol–water partition coefficient (Wildman–Crippen LogP) is 7.92. The van der Waals surface area contributed by atoms with Crippen molar-refractivity contribution in [3.8, 4) is 51.9 Å². The smallest absolute Gasteiger partial charge is 0.233 e. The van der Waals surface area contributed by atoms with Gasteiger partial charge in [-0.3, -0.25) is 9.97 Å². The van der Waals surface area contributed by atoms with Crippen LogP contribution in [0.1, 0.15) is 48.6 Å². The molecule has 11 nitrogen and oxygen atoms in total. The van der Waals surface area contributed by atoms with E-state index in [0.29, 0.717) is 49.7 Å². The van der Waals surface area contributed by atoms with Gasteiger partial charge in [-0.2, -0.15) is 15.1 Å². The highest BCUT2D eigenvalue weighted by molar-refractivity contribution is 7.18. The zero-order valence-electron chi connectivity index (χ0n) is 25.9. The van der Waals surface area contributed by atoms with E-state index in [4.69, 9.17) is 15.0 Å². The van der Waals surface area contributed by atoms with Crippen LogP contribution >= 0.6 is 22.7 Å². The van der Waals surface area contributed by atoms with Gasteiger partial charge in [0.25, 0.3) is 0 Å². The number of aromatic hydroxyl groups is 2. The van der Waals surface area contributed by atoms with Crippen molar-refractivity contribution in [2.24, 2.45) is 0 Å². The van der Waals surface area contributed by atoms with Crippen molar-refractivity contribution in [3.05, 3.63) is 101 Å². The van der Waals surface area contributed by atoms with Gasteiger partial charge in [0.15, 0.2) is 17.5 Å². The van der Waals surface area contributed by atoms with Crippen LogP contribution in [0.25, 0.3) is 60.5 Å². The highest BCUT2D eigenvalue weighted by Crippen LogP contribution is 2.46. The summed E-state index contributed by atoms with van der Waals surface area (Å²) in [5.41, 5.74) is 6.61. The zero-order valence-corrected chi connectivity index (χ0v) is 27.5. The van der Waals surface area contributed by atoms with Crippen LogP contribution in [0.3, 0.4) is 0 Å². The number of fused-ring (bicyclic) bond motifs is 2. The second-order valence-electron chi connectivity index (χ2n) is 12.0. The monoisotopic (exact) mass is 681 g/mol. The van der Waals surface area contributed by atoms with Gasteiger partial charge in [0.1, 0.15) is 20.8 Å². The number of hydrogen-bond donors (Lipinski definition) is 2. The number of thiophene rings is 2. The molecular weight excluding hydrogens is 655 g/mol. The Bertz CT molecular complexity index is 2440. The lowest BCUT2D eigenvalue weighted by Gasteiger charge is -2.29. The van der Waals surface area contributed by atoms with Crippen molar-refractivity contribution in [3.63, 3.8) is 0 Å². The van der Waals surface area contributed by atoms with Crippen molar-refractivity contribution in [2.75, 3.05) is 0 Å². The minimum Gasteiger partial charge on any atom is -0.492 e. The zero-order chi connectivity index (χ0) is 32.9. The summed E-state index contributed by atoms with van der Waals surface area (Å²) in [7, 11) is 0. The number of rotatable bonds is 6. The molecule has 1 aliphatic carbocycles. The van der Waals surface area contributed by atoms with Crippen LogP contribution in [0, 0.1) is 0 Å². The molecule has 49 heavy (non-hydrogen) atoms. The molecule has 0 aliphatic heterocycles. The Morgan fingerprint density at radius 2 is 1.41 bits per heavy atom. The van der Waals surface area contributed by atoms with Gasteiger partial charge in [-0.1, -0.05) is 24.6 Å². The Labute approximate surface area is 287 Å². The van der Waals surface area contributed by atoms with Gasteiger partial charge in [0, 0.05) is 29.5 Å². The molecule has 240 valence electrons. The molecule has 9 rings (SSSR count). The third-order valence-corrected chi connectivity index (χ3v) is 11.1. The molecule has 2 atom stereocenters. The fraction of sp³-hybridized carbons (Fsp3) is 0.167. The summed E-state index contributed by atoms with van der Waals surface area (Å²) < 4.78 is 3.07. The van der Waals surface area contributed by atoms with Crippen LogP contribution in [-0.2, 0) is 0 Å². The van der Waals surface area contributed by atoms with E-state index in [1.807, 2.05) is 60.1 Å². The van der Waals surface area contributed by atoms with Crippen LogP contribution in [0.2, 0.25) is 0 Å². The second-order valence-corrected chi connectivity index (χ2v) is 13.8. The third kappa shape index (κ3) is 5.27. The minimum atomic E-state index is -0.0785. The molecule has 8 aromatic rings.